The Hall–Kier alpha value is -2.93. The highest BCUT2D eigenvalue weighted by Gasteiger charge is 2.29. The van der Waals surface area contributed by atoms with Crippen LogP contribution >= 0.6 is 0 Å². The molecular formula is C24H28N4O3. The first-order chi connectivity index (χ1) is 15.1. The molecule has 1 amide bonds. The van der Waals surface area contributed by atoms with Crippen LogP contribution in [0.5, 0.6) is 5.75 Å². The Bertz CT molecular complexity index is 1080. The lowest BCUT2D eigenvalue weighted by Gasteiger charge is -2.28. The van der Waals surface area contributed by atoms with E-state index in [2.05, 4.69) is 32.5 Å². The third kappa shape index (κ3) is 4.02. The molecule has 1 N–H and O–H groups in total. The van der Waals surface area contributed by atoms with E-state index < -0.39 is 0 Å². The van der Waals surface area contributed by atoms with Gasteiger partial charge in [0.1, 0.15) is 5.75 Å². The van der Waals surface area contributed by atoms with Crippen LogP contribution < -0.4 is 10.1 Å². The zero-order valence-electron chi connectivity index (χ0n) is 18.1. The molecule has 31 heavy (non-hydrogen) atoms. The molecule has 2 fully saturated rings. The number of benzene rings is 1. The maximum Gasteiger partial charge on any atom is 0.259 e. The molecule has 0 radical (unpaired) electrons. The summed E-state index contributed by atoms with van der Waals surface area (Å²) in [6.07, 6.45) is 4.61. The molecule has 1 saturated carbocycles. The van der Waals surface area contributed by atoms with E-state index in [1.807, 2.05) is 25.1 Å². The first kappa shape index (κ1) is 20.0. The summed E-state index contributed by atoms with van der Waals surface area (Å²) in [5.74, 6) is 1.17. The number of pyridine rings is 1. The van der Waals surface area contributed by atoms with E-state index in [0.29, 0.717) is 34.8 Å². The van der Waals surface area contributed by atoms with Crippen molar-refractivity contribution in [2.75, 3.05) is 26.7 Å². The van der Waals surface area contributed by atoms with Gasteiger partial charge in [0.15, 0.2) is 0 Å². The second kappa shape index (κ2) is 8.30. The average Bonchev–Trinajstić information content (AvgIpc) is 3.39. The highest BCUT2D eigenvalue weighted by atomic mass is 16.5. The summed E-state index contributed by atoms with van der Waals surface area (Å²) in [4.78, 5) is 20.4. The van der Waals surface area contributed by atoms with Gasteiger partial charge in [-0.2, -0.15) is 0 Å². The number of aryl methyl sites for hydroxylation is 1. The number of ether oxygens (including phenoxy) is 1. The molecule has 7 heteroatoms. The molecular weight excluding hydrogens is 392 g/mol. The lowest BCUT2D eigenvalue weighted by atomic mass is 10.0. The van der Waals surface area contributed by atoms with Gasteiger partial charge < -0.3 is 14.6 Å². The van der Waals surface area contributed by atoms with Crippen LogP contribution in [0.1, 0.15) is 65.0 Å². The molecule has 162 valence electrons. The number of methoxy groups -OCH3 is 1. The monoisotopic (exact) mass is 420 g/mol. The zero-order valence-corrected chi connectivity index (χ0v) is 18.1. The van der Waals surface area contributed by atoms with E-state index in [1.54, 1.807) is 7.11 Å². The van der Waals surface area contributed by atoms with Gasteiger partial charge in [-0.25, -0.2) is 4.98 Å². The van der Waals surface area contributed by atoms with Crippen molar-refractivity contribution in [2.24, 2.45) is 0 Å². The van der Waals surface area contributed by atoms with Crippen LogP contribution in [-0.2, 0) is 0 Å². The van der Waals surface area contributed by atoms with Crippen LogP contribution in [0.2, 0.25) is 0 Å². The zero-order chi connectivity index (χ0) is 21.4. The topological polar surface area (TPSA) is 80.5 Å². The lowest BCUT2D eigenvalue weighted by Crippen LogP contribution is -2.37. The SMILES string of the molecule is COc1ccc(C(CNC(=O)c2cc(C3CC3)nc3onc(C)c23)N2CCCC2)cc1. The van der Waals surface area contributed by atoms with E-state index in [4.69, 9.17) is 9.26 Å². The maximum atomic E-state index is 13.3. The molecule has 1 unspecified atom stereocenters. The third-order valence-electron chi connectivity index (χ3n) is 6.42. The molecule has 0 spiro atoms. The van der Waals surface area contributed by atoms with Gasteiger partial charge in [-0.05, 0) is 69.5 Å². The first-order valence-electron chi connectivity index (χ1n) is 11.1. The second-order valence-electron chi connectivity index (χ2n) is 8.56. The minimum absolute atomic E-state index is 0.0988. The van der Waals surface area contributed by atoms with Crippen molar-refractivity contribution in [1.82, 2.24) is 20.4 Å². The number of fused-ring (bicyclic) bond motifs is 1. The number of hydrogen-bond acceptors (Lipinski definition) is 6. The Balaban J connectivity index is 1.40. The summed E-state index contributed by atoms with van der Waals surface area (Å²) >= 11 is 0. The van der Waals surface area contributed by atoms with Crippen LogP contribution in [0.25, 0.3) is 11.1 Å². The summed E-state index contributed by atoms with van der Waals surface area (Å²) in [7, 11) is 1.67. The summed E-state index contributed by atoms with van der Waals surface area (Å²) < 4.78 is 10.7. The number of nitrogens with one attached hydrogen (secondary N) is 1. The summed E-state index contributed by atoms with van der Waals surface area (Å²) in [5.41, 5.74) is 3.88. The predicted octanol–water partition coefficient (Wildman–Crippen LogP) is 3.98. The normalized spacial score (nSPS) is 17.7. The second-order valence-corrected chi connectivity index (χ2v) is 8.56. The van der Waals surface area contributed by atoms with Crippen molar-refractivity contribution in [3.05, 3.63) is 52.8 Å². The predicted molar refractivity (Wildman–Crippen MR) is 117 cm³/mol. The van der Waals surface area contributed by atoms with Crippen molar-refractivity contribution < 1.29 is 14.1 Å². The van der Waals surface area contributed by atoms with Crippen LogP contribution in [0.4, 0.5) is 0 Å². The van der Waals surface area contributed by atoms with Crippen LogP contribution in [-0.4, -0.2) is 47.7 Å². The maximum absolute atomic E-state index is 13.3. The molecule has 1 aromatic carbocycles. The number of carbonyl (C=O) groups excluding carboxylic acids is 1. The molecule has 3 aromatic rings. The van der Waals surface area contributed by atoms with E-state index >= 15 is 0 Å². The number of aromatic nitrogens is 2. The van der Waals surface area contributed by atoms with Gasteiger partial charge >= 0.3 is 0 Å². The molecule has 1 aliphatic heterocycles. The Morgan fingerprint density at radius 3 is 2.68 bits per heavy atom. The van der Waals surface area contributed by atoms with Gasteiger partial charge in [0, 0.05) is 18.2 Å². The number of rotatable bonds is 7. The lowest BCUT2D eigenvalue weighted by molar-refractivity contribution is 0.0939. The Labute approximate surface area is 181 Å². The van der Waals surface area contributed by atoms with E-state index in [9.17, 15) is 4.79 Å². The molecule has 7 nitrogen and oxygen atoms in total. The minimum atomic E-state index is -0.0988. The molecule has 2 aliphatic rings. The first-order valence-corrected chi connectivity index (χ1v) is 11.1. The number of hydrogen-bond donors (Lipinski definition) is 1. The molecule has 1 saturated heterocycles. The van der Waals surface area contributed by atoms with Crippen LogP contribution in [0, 0.1) is 6.92 Å². The smallest absolute Gasteiger partial charge is 0.259 e. The highest BCUT2D eigenvalue weighted by Crippen LogP contribution is 2.40. The van der Waals surface area contributed by atoms with Crippen molar-refractivity contribution in [1.29, 1.82) is 0 Å². The fourth-order valence-electron chi connectivity index (χ4n) is 4.50. The fraction of sp³-hybridized carbons (Fsp3) is 0.458. The van der Waals surface area contributed by atoms with Crippen LogP contribution in [0.15, 0.2) is 34.9 Å². The summed E-state index contributed by atoms with van der Waals surface area (Å²) in [6.45, 7) is 4.48. The van der Waals surface area contributed by atoms with E-state index in [0.717, 1.165) is 37.4 Å². The van der Waals surface area contributed by atoms with E-state index in [1.165, 1.54) is 18.4 Å². The third-order valence-corrected chi connectivity index (χ3v) is 6.42. The molecule has 5 rings (SSSR count). The molecule has 0 bridgehead atoms. The summed E-state index contributed by atoms with van der Waals surface area (Å²) in [6, 6.07) is 10.2. The van der Waals surface area contributed by atoms with Gasteiger partial charge in [-0.15, -0.1) is 0 Å². The van der Waals surface area contributed by atoms with Gasteiger partial charge in [0.05, 0.1) is 29.8 Å². The van der Waals surface area contributed by atoms with Crippen molar-refractivity contribution in [3.8, 4) is 5.75 Å². The number of amides is 1. The highest BCUT2D eigenvalue weighted by molar-refractivity contribution is 6.06. The van der Waals surface area contributed by atoms with Gasteiger partial charge in [0.25, 0.3) is 11.6 Å². The molecule has 2 aromatic heterocycles. The van der Waals surface area contributed by atoms with Crippen molar-refractivity contribution >= 4 is 17.0 Å². The van der Waals surface area contributed by atoms with E-state index in [-0.39, 0.29) is 11.9 Å². The fourth-order valence-corrected chi connectivity index (χ4v) is 4.50. The number of carbonyl (C=O) groups is 1. The Morgan fingerprint density at radius 1 is 1.26 bits per heavy atom. The van der Waals surface area contributed by atoms with Crippen molar-refractivity contribution in [2.45, 2.75) is 44.6 Å². The average molecular weight is 421 g/mol. The quantitative estimate of drug-likeness (QED) is 0.623. The largest absolute Gasteiger partial charge is 0.497 e. The van der Waals surface area contributed by atoms with Crippen molar-refractivity contribution in [3.63, 3.8) is 0 Å². The number of likely N-dealkylation sites (tertiary alicyclic amines) is 1. The Kier molecular flexibility index (Phi) is 5.36. The molecule has 1 atom stereocenters. The van der Waals surface area contributed by atoms with Gasteiger partial charge in [-0.3, -0.25) is 9.69 Å². The van der Waals surface area contributed by atoms with Gasteiger partial charge in [0.2, 0.25) is 0 Å². The standard InChI is InChI=1S/C24H28N4O3/c1-15-22-19(13-20(16-5-6-16)26-24(22)31-27-15)23(29)25-14-21(28-11-3-4-12-28)17-7-9-18(30-2)10-8-17/h7-10,13,16,21H,3-6,11-12,14H2,1-2H3,(H,25,29). The minimum Gasteiger partial charge on any atom is -0.497 e. The van der Waals surface area contributed by atoms with Crippen LogP contribution in [0.3, 0.4) is 0 Å². The number of nitrogens with zero attached hydrogens (tertiary/aromatic N) is 3. The summed E-state index contributed by atoms with van der Waals surface area (Å²) in [5, 5.41) is 7.95. The molecule has 1 aliphatic carbocycles. The Morgan fingerprint density at radius 2 is 2.00 bits per heavy atom. The van der Waals surface area contributed by atoms with Gasteiger partial charge in [-0.1, -0.05) is 17.3 Å². The molecule has 3 heterocycles.